The highest BCUT2D eigenvalue weighted by molar-refractivity contribution is 6.31. The predicted molar refractivity (Wildman–Crippen MR) is 110 cm³/mol. The largest absolute Gasteiger partial charge is 0.481 e. The quantitative estimate of drug-likeness (QED) is 0.660. The number of carboxylic acids is 1. The Morgan fingerprint density at radius 3 is 2.50 bits per heavy atom. The molecule has 1 fully saturated rings. The zero-order valence-electron chi connectivity index (χ0n) is 17.4. The van der Waals surface area contributed by atoms with Gasteiger partial charge in [0, 0.05) is 25.0 Å². The second kappa shape index (κ2) is 8.23. The van der Waals surface area contributed by atoms with Crippen molar-refractivity contribution in [3.8, 4) is 0 Å². The van der Waals surface area contributed by atoms with Crippen molar-refractivity contribution in [2.45, 2.75) is 32.5 Å². The lowest BCUT2D eigenvalue weighted by molar-refractivity contribution is -0.146. The van der Waals surface area contributed by atoms with Gasteiger partial charge in [-0.2, -0.15) is 13.2 Å². The normalized spacial score (nSPS) is 21.0. The van der Waals surface area contributed by atoms with E-state index in [1.54, 1.807) is 0 Å². The van der Waals surface area contributed by atoms with E-state index >= 15 is 0 Å². The predicted octanol–water partition coefficient (Wildman–Crippen LogP) is 4.53. The molecule has 2 heterocycles. The van der Waals surface area contributed by atoms with Gasteiger partial charge in [-0.25, -0.2) is 9.37 Å². The second-order valence-electron chi connectivity index (χ2n) is 8.06. The number of benzene rings is 1. The first kappa shape index (κ1) is 23.8. The van der Waals surface area contributed by atoms with Crippen LogP contribution in [0.1, 0.15) is 24.6 Å². The van der Waals surface area contributed by atoms with E-state index in [9.17, 15) is 32.3 Å². The van der Waals surface area contributed by atoms with Gasteiger partial charge in [-0.05, 0) is 50.6 Å². The number of nitrogens with zero attached hydrogens (tertiary/aromatic N) is 3. The number of aryl methyl sites for hydroxylation is 1. The monoisotopic (exact) mass is 473 g/mol. The lowest BCUT2D eigenvalue weighted by Crippen LogP contribution is -2.44. The number of carbonyl (C=O) groups excluding carboxylic acids is 1. The van der Waals surface area contributed by atoms with Crippen molar-refractivity contribution in [2.24, 2.45) is 5.41 Å². The topological polar surface area (TPSA) is 73.7 Å². The SMILES string of the molecule is Cc1cc(C(F)(F)F)cc(N2C[C@](C)(C(=O)O)C[C@H]2C(=O)N(C)c2ccc(F)c(Cl)c2)n1. The van der Waals surface area contributed by atoms with E-state index < -0.39 is 40.9 Å². The van der Waals surface area contributed by atoms with Gasteiger partial charge in [0.05, 0.1) is 16.0 Å². The molecule has 0 bridgehead atoms. The molecule has 0 radical (unpaired) electrons. The van der Waals surface area contributed by atoms with E-state index in [1.807, 2.05) is 0 Å². The van der Waals surface area contributed by atoms with Crippen LogP contribution in [0.25, 0.3) is 0 Å². The van der Waals surface area contributed by atoms with Gasteiger partial charge in [-0.3, -0.25) is 9.59 Å². The Morgan fingerprint density at radius 2 is 1.94 bits per heavy atom. The Labute approximate surface area is 186 Å². The summed E-state index contributed by atoms with van der Waals surface area (Å²) in [6.45, 7) is 2.59. The molecule has 0 unspecified atom stereocenters. The number of hydrogen-bond donors (Lipinski definition) is 1. The molecule has 3 rings (SSSR count). The maximum atomic E-state index is 13.5. The van der Waals surface area contributed by atoms with Gasteiger partial charge in [0.1, 0.15) is 17.7 Å². The molecule has 1 N–H and O–H groups in total. The second-order valence-corrected chi connectivity index (χ2v) is 8.47. The molecule has 172 valence electrons. The number of pyridine rings is 1. The fourth-order valence-electron chi connectivity index (χ4n) is 3.71. The lowest BCUT2D eigenvalue weighted by atomic mass is 9.88. The lowest BCUT2D eigenvalue weighted by Gasteiger charge is -2.29. The summed E-state index contributed by atoms with van der Waals surface area (Å²) in [5.41, 5.74) is -2.03. The number of rotatable bonds is 4. The fourth-order valence-corrected chi connectivity index (χ4v) is 3.88. The summed E-state index contributed by atoms with van der Waals surface area (Å²) < 4.78 is 53.5. The highest BCUT2D eigenvalue weighted by Crippen LogP contribution is 2.40. The van der Waals surface area contributed by atoms with Gasteiger partial charge in [0.25, 0.3) is 0 Å². The molecule has 1 aromatic heterocycles. The molecule has 11 heteroatoms. The molecule has 2 aromatic rings. The van der Waals surface area contributed by atoms with Gasteiger partial charge >= 0.3 is 12.1 Å². The van der Waals surface area contributed by atoms with Crippen LogP contribution in [0.2, 0.25) is 5.02 Å². The minimum absolute atomic E-state index is 0.0728. The van der Waals surface area contributed by atoms with Crippen LogP contribution in [-0.2, 0) is 15.8 Å². The number of alkyl halides is 3. The number of aliphatic carboxylic acids is 1. The Hall–Kier alpha value is -2.88. The minimum Gasteiger partial charge on any atom is -0.481 e. The van der Waals surface area contributed by atoms with E-state index in [-0.39, 0.29) is 35.2 Å². The maximum absolute atomic E-state index is 13.5. The summed E-state index contributed by atoms with van der Waals surface area (Å²) in [6.07, 6.45) is -4.79. The number of likely N-dealkylation sites (N-methyl/N-ethyl adjacent to an activating group) is 1. The summed E-state index contributed by atoms with van der Waals surface area (Å²) >= 11 is 5.79. The average molecular weight is 474 g/mol. The molecule has 6 nitrogen and oxygen atoms in total. The van der Waals surface area contributed by atoms with Crippen LogP contribution in [-0.4, -0.2) is 41.6 Å². The first-order valence-corrected chi connectivity index (χ1v) is 9.89. The summed E-state index contributed by atoms with van der Waals surface area (Å²) in [7, 11) is 1.39. The molecule has 1 amide bonds. The van der Waals surface area contributed by atoms with Crippen molar-refractivity contribution in [3.05, 3.63) is 52.4 Å². The highest BCUT2D eigenvalue weighted by atomic mass is 35.5. The molecule has 1 saturated heterocycles. The van der Waals surface area contributed by atoms with Crippen LogP contribution in [0.5, 0.6) is 0 Å². The third-order valence-corrected chi connectivity index (χ3v) is 5.81. The number of anilines is 2. The molecular formula is C21H20ClF4N3O3. The standard InChI is InChI=1S/C21H20ClF4N3O3/c1-11-6-12(21(24,25)26)7-17(27-11)29-10-20(2,19(31)32)9-16(29)18(30)28(3)13-4-5-15(23)14(22)8-13/h4-8,16H,9-10H2,1-3H3,(H,31,32)/t16-,20+/m0/s1. The molecule has 0 aliphatic carbocycles. The van der Waals surface area contributed by atoms with Crippen molar-refractivity contribution in [3.63, 3.8) is 0 Å². The molecular weight excluding hydrogens is 454 g/mol. The van der Waals surface area contributed by atoms with Crippen molar-refractivity contribution < 1.29 is 32.3 Å². The van der Waals surface area contributed by atoms with E-state index in [0.717, 1.165) is 23.1 Å². The van der Waals surface area contributed by atoms with Gasteiger partial charge in [-0.1, -0.05) is 11.6 Å². The van der Waals surface area contributed by atoms with Crippen LogP contribution in [0.3, 0.4) is 0 Å². The first-order chi connectivity index (χ1) is 14.7. The van der Waals surface area contributed by atoms with Gasteiger partial charge in [0.15, 0.2) is 0 Å². The Balaban J connectivity index is 2.04. The van der Waals surface area contributed by atoms with Gasteiger partial charge < -0.3 is 14.9 Å². The zero-order valence-corrected chi connectivity index (χ0v) is 18.1. The van der Waals surface area contributed by atoms with E-state index in [0.29, 0.717) is 0 Å². The maximum Gasteiger partial charge on any atom is 0.416 e. The van der Waals surface area contributed by atoms with Crippen molar-refractivity contribution in [2.75, 3.05) is 23.4 Å². The van der Waals surface area contributed by atoms with E-state index in [1.165, 1.54) is 37.9 Å². The summed E-state index contributed by atoms with van der Waals surface area (Å²) in [5, 5.41) is 9.47. The van der Waals surface area contributed by atoms with Gasteiger partial charge in [-0.15, -0.1) is 0 Å². The van der Waals surface area contributed by atoms with Crippen molar-refractivity contribution in [1.29, 1.82) is 0 Å². The molecule has 2 atom stereocenters. The molecule has 1 aromatic carbocycles. The Morgan fingerprint density at radius 1 is 1.28 bits per heavy atom. The van der Waals surface area contributed by atoms with Crippen LogP contribution in [0.4, 0.5) is 29.1 Å². The summed E-state index contributed by atoms with van der Waals surface area (Å²) in [6, 6.07) is 4.20. The number of hydrogen-bond acceptors (Lipinski definition) is 4. The van der Waals surface area contributed by atoms with Gasteiger partial charge in [0.2, 0.25) is 5.91 Å². The zero-order chi connectivity index (χ0) is 24.0. The van der Waals surface area contributed by atoms with Crippen molar-refractivity contribution >= 4 is 35.0 Å². The third kappa shape index (κ3) is 4.50. The highest BCUT2D eigenvalue weighted by Gasteiger charge is 2.50. The smallest absolute Gasteiger partial charge is 0.416 e. The summed E-state index contributed by atoms with van der Waals surface area (Å²) in [5.74, 6) is -2.60. The molecule has 32 heavy (non-hydrogen) atoms. The average Bonchev–Trinajstić information content (AvgIpc) is 3.07. The number of amides is 1. The third-order valence-electron chi connectivity index (χ3n) is 5.52. The molecule has 1 aliphatic heterocycles. The first-order valence-electron chi connectivity index (χ1n) is 9.51. The minimum atomic E-state index is -4.64. The number of carboxylic acid groups (broad SMARTS) is 1. The number of halogens is 5. The van der Waals surface area contributed by atoms with Crippen molar-refractivity contribution in [1.82, 2.24) is 4.98 Å². The Kier molecular flexibility index (Phi) is 6.12. The van der Waals surface area contributed by atoms with Crippen LogP contribution in [0, 0.1) is 18.2 Å². The Bertz CT molecular complexity index is 1080. The van der Waals surface area contributed by atoms with E-state index in [4.69, 9.17) is 11.6 Å². The number of carbonyl (C=O) groups is 2. The molecule has 0 saturated carbocycles. The summed E-state index contributed by atoms with van der Waals surface area (Å²) in [4.78, 5) is 31.8. The molecule has 1 aliphatic rings. The van der Waals surface area contributed by atoms with Crippen LogP contribution < -0.4 is 9.80 Å². The van der Waals surface area contributed by atoms with E-state index in [2.05, 4.69) is 4.98 Å². The van der Waals surface area contributed by atoms with Crippen LogP contribution >= 0.6 is 11.6 Å². The fraction of sp³-hybridized carbons (Fsp3) is 0.381. The molecule has 0 spiro atoms. The van der Waals surface area contributed by atoms with Crippen LogP contribution in [0.15, 0.2) is 30.3 Å². The number of aromatic nitrogens is 1.